The third-order valence-electron chi connectivity index (χ3n) is 2.86. The van der Waals surface area contributed by atoms with Gasteiger partial charge >= 0.3 is 0 Å². The molecule has 1 fully saturated rings. The fourth-order valence-electron chi connectivity index (χ4n) is 1.91. The van der Waals surface area contributed by atoms with Crippen molar-refractivity contribution in [3.63, 3.8) is 0 Å². The molecule has 2 aromatic rings. The molecule has 3 heteroatoms. The molecule has 72 valence electrons. The fraction of sp³-hybridized carbons (Fsp3) is 0.364. The lowest BCUT2D eigenvalue weighted by atomic mass is 10.1. The van der Waals surface area contributed by atoms with Crippen molar-refractivity contribution in [2.75, 3.05) is 13.1 Å². The Morgan fingerprint density at radius 3 is 3.00 bits per heavy atom. The van der Waals surface area contributed by atoms with Crippen molar-refractivity contribution in [3.05, 3.63) is 30.0 Å². The van der Waals surface area contributed by atoms with Gasteiger partial charge in [-0.25, -0.2) is 0 Å². The molecule has 1 aliphatic rings. The van der Waals surface area contributed by atoms with Crippen molar-refractivity contribution in [1.29, 1.82) is 0 Å². The van der Waals surface area contributed by atoms with E-state index in [0.717, 1.165) is 13.1 Å². The Hall–Kier alpha value is -1.35. The Labute approximate surface area is 82.7 Å². The van der Waals surface area contributed by atoms with E-state index >= 15 is 0 Å². The molecule has 0 saturated carbocycles. The van der Waals surface area contributed by atoms with Gasteiger partial charge in [-0.1, -0.05) is 11.6 Å². The number of nitrogens with zero attached hydrogens (tertiary/aromatic N) is 2. The van der Waals surface area contributed by atoms with Gasteiger partial charge in [0.15, 0.2) is 0 Å². The van der Waals surface area contributed by atoms with Gasteiger partial charge < -0.3 is 5.32 Å². The van der Waals surface area contributed by atoms with Gasteiger partial charge in [0.2, 0.25) is 0 Å². The summed E-state index contributed by atoms with van der Waals surface area (Å²) in [6.07, 6.45) is 1.96. The maximum Gasteiger partial charge on any atom is 0.0774 e. The first-order valence-corrected chi connectivity index (χ1v) is 4.99. The van der Waals surface area contributed by atoms with Crippen LogP contribution in [-0.2, 0) is 0 Å². The molecule has 1 aliphatic heterocycles. The second-order valence-electron chi connectivity index (χ2n) is 3.96. The Kier molecular flexibility index (Phi) is 1.61. The third-order valence-corrected chi connectivity index (χ3v) is 2.86. The van der Waals surface area contributed by atoms with Crippen LogP contribution in [0.3, 0.4) is 0 Å². The molecular weight excluding hydrogens is 174 g/mol. The van der Waals surface area contributed by atoms with Crippen LogP contribution >= 0.6 is 0 Å². The van der Waals surface area contributed by atoms with Crippen molar-refractivity contribution < 1.29 is 0 Å². The fourth-order valence-corrected chi connectivity index (χ4v) is 1.91. The first-order valence-electron chi connectivity index (χ1n) is 4.99. The average Bonchev–Trinajstić information content (AvgIpc) is 2.45. The first-order chi connectivity index (χ1) is 6.84. The molecule has 3 nitrogen and oxygen atoms in total. The highest BCUT2D eigenvalue weighted by Gasteiger charge is 2.20. The van der Waals surface area contributed by atoms with E-state index in [9.17, 15) is 0 Å². The molecule has 0 radical (unpaired) electrons. The minimum Gasteiger partial charge on any atom is -0.312 e. The zero-order chi connectivity index (χ0) is 9.54. The zero-order valence-corrected chi connectivity index (χ0v) is 8.20. The maximum atomic E-state index is 4.44. The van der Waals surface area contributed by atoms with E-state index in [4.69, 9.17) is 0 Å². The first kappa shape index (κ1) is 8.00. The van der Waals surface area contributed by atoms with Crippen LogP contribution in [0, 0.1) is 6.92 Å². The number of hydrogen-bond donors (Lipinski definition) is 1. The van der Waals surface area contributed by atoms with Crippen LogP contribution in [0.1, 0.15) is 11.6 Å². The number of fused-ring (bicyclic) bond motifs is 1. The predicted octanol–water partition coefficient (Wildman–Crippen LogP) is 1.49. The third kappa shape index (κ3) is 1.06. The Morgan fingerprint density at radius 1 is 1.43 bits per heavy atom. The van der Waals surface area contributed by atoms with Crippen LogP contribution < -0.4 is 5.32 Å². The van der Waals surface area contributed by atoms with Gasteiger partial charge in [0, 0.05) is 18.5 Å². The summed E-state index contributed by atoms with van der Waals surface area (Å²) in [6.45, 7) is 4.21. The molecule has 1 aromatic carbocycles. The van der Waals surface area contributed by atoms with E-state index in [1.54, 1.807) is 0 Å². The minimum absolute atomic E-state index is 0.551. The molecule has 1 N–H and O–H groups in total. The van der Waals surface area contributed by atoms with Crippen molar-refractivity contribution in [3.8, 4) is 0 Å². The second kappa shape index (κ2) is 2.82. The van der Waals surface area contributed by atoms with Crippen LogP contribution in [0.4, 0.5) is 0 Å². The van der Waals surface area contributed by atoms with Crippen LogP contribution in [0.25, 0.3) is 10.9 Å². The largest absolute Gasteiger partial charge is 0.312 e. The lowest BCUT2D eigenvalue weighted by Gasteiger charge is -2.27. The number of aromatic nitrogens is 2. The van der Waals surface area contributed by atoms with Gasteiger partial charge in [0.05, 0.1) is 17.8 Å². The number of nitrogens with one attached hydrogen (secondary N) is 1. The summed E-state index contributed by atoms with van der Waals surface area (Å²) in [5.74, 6) is 0. The van der Waals surface area contributed by atoms with Gasteiger partial charge in [0.1, 0.15) is 0 Å². The topological polar surface area (TPSA) is 29.9 Å². The van der Waals surface area contributed by atoms with Crippen LogP contribution in [0.5, 0.6) is 0 Å². The van der Waals surface area contributed by atoms with E-state index in [1.807, 2.05) is 6.20 Å². The predicted molar refractivity (Wildman–Crippen MR) is 56.4 cm³/mol. The molecular formula is C11H13N3. The Bertz CT molecular complexity index is 468. The summed E-state index contributed by atoms with van der Waals surface area (Å²) in [5, 5.41) is 8.95. The summed E-state index contributed by atoms with van der Waals surface area (Å²) in [6, 6.07) is 7.04. The number of hydrogen-bond acceptors (Lipinski definition) is 2. The average molecular weight is 187 g/mol. The van der Waals surface area contributed by atoms with Gasteiger partial charge in [-0.2, -0.15) is 5.10 Å². The summed E-state index contributed by atoms with van der Waals surface area (Å²) in [7, 11) is 0. The summed E-state index contributed by atoms with van der Waals surface area (Å²) < 4.78 is 2.13. The summed E-state index contributed by atoms with van der Waals surface area (Å²) in [4.78, 5) is 0. The SMILES string of the molecule is Cc1ccc2c(cnn2C2CNC2)c1. The van der Waals surface area contributed by atoms with Gasteiger partial charge in [-0.15, -0.1) is 0 Å². The molecule has 0 unspecified atom stereocenters. The summed E-state index contributed by atoms with van der Waals surface area (Å²) >= 11 is 0. The number of aryl methyl sites for hydroxylation is 1. The molecule has 0 atom stereocenters. The monoisotopic (exact) mass is 187 g/mol. The van der Waals surface area contributed by atoms with Gasteiger partial charge in [-0.05, 0) is 19.1 Å². The summed E-state index contributed by atoms with van der Waals surface area (Å²) in [5.41, 5.74) is 2.55. The van der Waals surface area contributed by atoms with E-state index < -0.39 is 0 Å². The highest BCUT2D eigenvalue weighted by atomic mass is 15.3. The molecule has 0 bridgehead atoms. The Morgan fingerprint density at radius 2 is 2.29 bits per heavy atom. The molecule has 3 rings (SSSR count). The van der Waals surface area contributed by atoms with Gasteiger partial charge in [-0.3, -0.25) is 4.68 Å². The Balaban J connectivity index is 2.16. The highest BCUT2D eigenvalue weighted by Crippen LogP contribution is 2.20. The van der Waals surface area contributed by atoms with Crippen LogP contribution in [0.2, 0.25) is 0 Å². The zero-order valence-electron chi connectivity index (χ0n) is 8.20. The van der Waals surface area contributed by atoms with Crippen molar-refractivity contribution >= 4 is 10.9 Å². The molecule has 1 aromatic heterocycles. The molecule has 0 spiro atoms. The van der Waals surface area contributed by atoms with Crippen LogP contribution in [-0.4, -0.2) is 22.9 Å². The number of benzene rings is 1. The smallest absolute Gasteiger partial charge is 0.0774 e. The molecule has 0 aliphatic carbocycles. The van der Waals surface area contributed by atoms with Crippen molar-refractivity contribution in [2.24, 2.45) is 0 Å². The molecule has 1 saturated heterocycles. The standard InChI is InChI=1S/C11H13N3/c1-8-2-3-11-9(4-8)5-13-14(11)10-6-12-7-10/h2-5,10,12H,6-7H2,1H3. The van der Waals surface area contributed by atoms with E-state index in [1.165, 1.54) is 16.5 Å². The van der Waals surface area contributed by atoms with Crippen molar-refractivity contribution in [1.82, 2.24) is 15.1 Å². The quantitative estimate of drug-likeness (QED) is 0.733. The highest BCUT2D eigenvalue weighted by molar-refractivity contribution is 5.79. The van der Waals surface area contributed by atoms with E-state index in [2.05, 4.69) is 40.2 Å². The maximum absolute atomic E-state index is 4.44. The van der Waals surface area contributed by atoms with E-state index in [0.29, 0.717) is 6.04 Å². The molecule has 14 heavy (non-hydrogen) atoms. The lowest BCUT2D eigenvalue weighted by molar-refractivity contribution is 0.326. The van der Waals surface area contributed by atoms with Crippen LogP contribution in [0.15, 0.2) is 24.4 Å². The van der Waals surface area contributed by atoms with Crippen molar-refractivity contribution in [2.45, 2.75) is 13.0 Å². The minimum atomic E-state index is 0.551. The number of rotatable bonds is 1. The normalized spacial score (nSPS) is 17.2. The van der Waals surface area contributed by atoms with E-state index in [-0.39, 0.29) is 0 Å². The van der Waals surface area contributed by atoms with Gasteiger partial charge in [0.25, 0.3) is 0 Å². The molecule has 2 heterocycles. The molecule has 0 amide bonds. The lowest BCUT2D eigenvalue weighted by Crippen LogP contribution is -2.43. The second-order valence-corrected chi connectivity index (χ2v) is 3.96.